The molecule has 2 N–H and O–H groups in total. The van der Waals surface area contributed by atoms with Crippen LogP contribution in [0.25, 0.3) is 10.9 Å². The molecule has 35 heavy (non-hydrogen) atoms. The van der Waals surface area contributed by atoms with E-state index in [2.05, 4.69) is 16.0 Å². The van der Waals surface area contributed by atoms with E-state index in [1.807, 2.05) is 29.2 Å². The summed E-state index contributed by atoms with van der Waals surface area (Å²) in [5.74, 6) is 0.281. The van der Waals surface area contributed by atoms with Gasteiger partial charge in [-0.25, -0.2) is 4.79 Å². The Kier molecular flexibility index (Phi) is 7.29. The normalized spacial score (nSPS) is 18.5. The van der Waals surface area contributed by atoms with Crippen LogP contribution >= 0.6 is 0 Å². The molecule has 9 heteroatoms. The fourth-order valence-corrected chi connectivity index (χ4v) is 5.17. The molecule has 2 amide bonds. The Morgan fingerprint density at radius 2 is 1.91 bits per heavy atom. The quantitative estimate of drug-likeness (QED) is 0.645. The molecule has 1 aromatic heterocycles. The molecule has 9 nitrogen and oxygen atoms in total. The number of hydrogen-bond donors (Lipinski definition) is 2. The zero-order chi connectivity index (χ0) is 25.0. The van der Waals surface area contributed by atoms with E-state index < -0.39 is 11.6 Å². The third-order valence-corrected chi connectivity index (χ3v) is 7.25. The highest BCUT2D eigenvalue weighted by Crippen LogP contribution is 2.34. The lowest BCUT2D eigenvalue weighted by Gasteiger charge is -2.32. The number of para-hydroxylation sites is 1. The predicted molar refractivity (Wildman–Crippen MR) is 128 cm³/mol. The molecule has 0 atom stereocenters. The second-order valence-electron chi connectivity index (χ2n) is 9.57. The second-order valence-corrected chi connectivity index (χ2v) is 9.57. The number of fused-ring (bicyclic) bond motifs is 3. The van der Waals surface area contributed by atoms with E-state index in [9.17, 15) is 14.4 Å². The minimum absolute atomic E-state index is 0.203. The van der Waals surface area contributed by atoms with Gasteiger partial charge in [0.15, 0.2) is 0 Å². The number of hydrogen-bond acceptors (Lipinski definition) is 5. The first kappa shape index (κ1) is 24.6. The van der Waals surface area contributed by atoms with Gasteiger partial charge in [-0.05, 0) is 31.7 Å². The molecule has 2 aromatic rings. The van der Waals surface area contributed by atoms with E-state index in [4.69, 9.17) is 15.1 Å². The molecule has 2 saturated carbocycles. The van der Waals surface area contributed by atoms with Gasteiger partial charge in [-0.2, -0.15) is 5.26 Å². The van der Waals surface area contributed by atoms with Crippen LogP contribution in [0.5, 0.6) is 0 Å². The van der Waals surface area contributed by atoms with E-state index in [1.165, 1.54) is 37.6 Å². The minimum atomic E-state index is -1.12. The molecule has 0 spiro atoms. The zero-order valence-electron chi connectivity index (χ0n) is 20.1. The summed E-state index contributed by atoms with van der Waals surface area (Å²) in [5, 5.41) is 19.8. The van der Waals surface area contributed by atoms with Gasteiger partial charge in [-0.15, -0.1) is 0 Å². The van der Waals surface area contributed by atoms with Crippen molar-refractivity contribution in [3.05, 3.63) is 35.5 Å². The summed E-state index contributed by atoms with van der Waals surface area (Å²) in [5.41, 5.74) is 2.69. The molecule has 0 radical (unpaired) electrons. The van der Waals surface area contributed by atoms with Crippen LogP contribution in [0.4, 0.5) is 4.79 Å². The topological polar surface area (TPSA) is 125 Å². The van der Waals surface area contributed by atoms with E-state index in [0.29, 0.717) is 25.3 Å². The highest BCUT2D eigenvalue weighted by atomic mass is 16.5. The zero-order valence-corrected chi connectivity index (χ0v) is 20.1. The summed E-state index contributed by atoms with van der Waals surface area (Å²) >= 11 is 0. The molecular formula is C26H32N4O5. The van der Waals surface area contributed by atoms with Gasteiger partial charge in [-0.3, -0.25) is 9.59 Å². The number of carbonyl (C=O) groups excluding carboxylic acids is 2. The number of nitriles is 1. The molecule has 2 aliphatic carbocycles. The van der Waals surface area contributed by atoms with Gasteiger partial charge in [0.1, 0.15) is 12.1 Å². The Morgan fingerprint density at radius 1 is 1.20 bits per heavy atom. The molecular weight excluding hydrogens is 448 g/mol. The van der Waals surface area contributed by atoms with Crippen molar-refractivity contribution in [3.63, 3.8) is 0 Å². The highest BCUT2D eigenvalue weighted by Gasteiger charge is 2.44. The number of carbonyl (C=O) groups is 3. The molecule has 3 aliphatic rings. The van der Waals surface area contributed by atoms with Crippen LogP contribution in [0.15, 0.2) is 24.3 Å². The first-order valence-corrected chi connectivity index (χ1v) is 12.2. The lowest BCUT2D eigenvalue weighted by molar-refractivity contribution is -0.141. The number of aromatic nitrogens is 1. The lowest BCUT2D eigenvalue weighted by atomic mass is 9.87. The van der Waals surface area contributed by atoms with Crippen LogP contribution in [-0.4, -0.2) is 51.7 Å². The van der Waals surface area contributed by atoms with Crippen molar-refractivity contribution >= 4 is 28.9 Å². The van der Waals surface area contributed by atoms with Crippen molar-refractivity contribution in [2.75, 3.05) is 13.7 Å². The summed E-state index contributed by atoms with van der Waals surface area (Å²) in [4.78, 5) is 36.8. The number of methoxy groups -OCH3 is 1. The Hall–Kier alpha value is -3.54. The first-order valence-electron chi connectivity index (χ1n) is 12.2. The van der Waals surface area contributed by atoms with Crippen molar-refractivity contribution in [2.45, 2.75) is 70.0 Å². The van der Waals surface area contributed by atoms with Gasteiger partial charge >= 0.3 is 12.1 Å². The smallest absolute Gasteiger partial charge is 0.405 e. The van der Waals surface area contributed by atoms with E-state index in [-0.39, 0.29) is 18.4 Å². The van der Waals surface area contributed by atoms with Crippen LogP contribution in [0.2, 0.25) is 0 Å². The number of nitrogens with one attached hydrogen (secondary N) is 1. The maximum atomic E-state index is 13.0. The molecule has 186 valence electrons. The lowest BCUT2D eigenvalue weighted by Crippen LogP contribution is -2.40. The fourth-order valence-electron chi connectivity index (χ4n) is 5.17. The Bertz CT molecular complexity index is 1150. The number of rotatable bonds is 4. The molecule has 1 aliphatic heterocycles. The van der Waals surface area contributed by atoms with Crippen molar-refractivity contribution in [1.82, 2.24) is 14.8 Å². The third-order valence-electron chi connectivity index (χ3n) is 7.25. The van der Waals surface area contributed by atoms with Crippen LogP contribution in [0, 0.1) is 17.2 Å². The standard InChI is InChI=1S/C21H26N2O3.C5H6N2O2/c1-26-20(24)14-23-18-10-6-5-9-16(18)17-13-22(12-11-19(17)23)21(25)15-7-3-2-4-8-15;6-3-5(1-2-5)7-4(8)9/h5-6,9-10,15H,2-4,7-8,11-14H2,1H3;7H,1-2H2,(H,8,9). The minimum Gasteiger partial charge on any atom is -0.468 e. The maximum absolute atomic E-state index is 13.0. The van der Waals surface area contributed by atoms with E-state index in [1.54, 1.807) is 0 Å². The molecule has 1 aromatic carbocycles. The van der Waals surface area contributed by atoms with E-state index >= 15 is 0 Å². The predicted octanol–water partition coefficient (Wildman–Crippen LogP) is 3.59. The van der Waals surface area contributed by atoms with E-state index in [0.717, 1.165) is 36.7 Å². The van der Waals surface area contributed by atoms with Gasteiger partial charge in [-0.1, -0.05) is 37.5 Å². The maximum Gasteiger partial charge on any atom is 0.405 e. The summed E-state index contributed by atoms with van der Waals surface area (Å²) in [7, 11) is 1.42. The summed E-state index contributed by atoms with van der Waals surface area (Å²) in [6.07, 6.45) is 6.65. The Balaban J connectivity index is 0.000000271. The Morgan fingerprint density at radius 3 is 2.51 bits per heavy atom. The first-order chi connectivity index (χ1) is 16.9. The number of benzene rings is 1. The van der Waals surface area contributed by atoms with Crippen molar-refractivity contribution in [1.29, 1.82) is 5.26 Å². The third kappa shape index (κ3) is 5.42. The molecule has 0 bridgehead atoms. The van der Waals surface area contributed by atoms with Gasteiger partial charge < -0.3 is 24.6 Å². The molecule has 0 unspecified atom stereocenters. The molecule has 2 heterocycles. The summed E-state index contributed by atoms with van der Waals surface area (Å²) < 4.78 is 6.95. The van der Waals surface area contributed by atoms with Gasteiger partial charge in [0.2, 0.25) is 5.91 Å². The average Bonchev–Trinajstić information content (AvgIpc) is 3.59. The van der Waals surface area contributed by atoms with Crippen LogP contribution in [-0.2, 0) is 33.8 Å². The summed E-state index contributed by atoms with van der Waals surface area (Å²) in [6.45, 7) is 1.61. The van der Waals surface area contributed by atoms with Gasteiger partial charge in [0.05, 0.1) is 13.2 Å². The fraction of sp³-hybridized carbons (Fsp3) is 0.538. The van der Waals surface area contributed by atoms with Crippen LogP contribution in [0.3, 0.4) is 0 Å². The largest absolute Gasteiger partial charge is 0.468 e. The molecule has 2 fully saturated rings. The van der Waals surface area contributed by atoms with Crippen molar-refractivity contribution < 1.29 is 24.2 Å². The monoisotopic (exact) mass is 480 g/mol. The van der Waals surface area contributed by atoms with Crippen LogP contribution in [0.1, 0.15) is 56.2 Å². The molecule has 0 saturated heterocycles. The summed E-state index contributed by atoms with van der Waals surface area (Å²) in [6, 6.07) is 10.0. The molecule has 5 rings (SSSR count). The highest BCUT2D eigenvalue weighted by molar-refractivity contribution is 5.88. The number of ether oxygens (including phenoxy) is 1. The van der Waals surface area contributed by atoms with Crippen molar-refractivity contribution in [2.24, 2.45) is 5.92 Å². The van der Waals surface area contributed by atoms with Crippen LogP contribution < -0.4 is 5.32 Å². The van der Waals surface area contributed by atoms with Gasteiger partial charge in [0.25, 0.3) is 0 Å². The number of carboxylic acid groups (broad SMARTS) is 1. The van der Waals surface area contributed by atoms with Crippen molar-refractivity contribution in [3.8, 4) is 6.07 Å². The average molecular weight is 481 g/mol. The van der Waals surface area contributed by atoms with Gasteiger partial charge in [0, 0.05) is 47.6 Å². The Labute approximate surface area is 204 Å². The SMILES string of the molecule is COC(=O)Cn1c2c(c3ccccc31)CN(C(=O)C1CCCCC1)CC2.N#CC1(NC(=O)O)CC1. The number of amides is 2. The number of esters is 1. The second kappa shape index (κ2) is 10.4. The number of nitrogens with zero attached hydrogens (tertiary/aromatic N) is 3.